The molecule has 3 aromatic carbocycles. The van der Waals surface area contributed by atoms with Crippen LogP contribution in [0.3, 0.4) is 0 Å². The number of esters is 1. The minimum atomic E-state index is -4.19. The number of carbonyl (C=O) groups excluding carboxylic acids is 2. The minimum absolute atomic E-state index is 0.143. The summed E-state index contributed by atoms with van der Waals surface area (Å²) in [7, 11) is -4.19. The molecule has 0 bridgehead atoms. The Morgan fingerprint density at radius 2 is 1.73 bits per heavy atom. The molecule has 5 rings (SSSR count). The summed E-state index contributed by atoms with van der Waals surface area (Å²) in [4.78, 5) is 36.1. The average molecular weight is 575 g/mol. The molecule has 210 valence electrons. The highest BCUT2D eigenvalue weighted by atomic mass is 32.2. The molecular formula is C29H26N4O7S. The van der Waals surface area contributed by atoms with E-state index in [1.807, 2.05) is 18.2 Å². The minimum Gasteiger partial charge on any atom is -0.426 e. The molecule has 3 aromatic rings. The maximum Gasteiger partial charge on any atom is 0.315 e. The third-order valence-electron chi connectivity index (χ3n) is 6.87. The Labute approximate surface area is 236 Å². The van der Waals surface area contributed by atoms with Gasteiger partial charge in [-0.25, -0.2) is 8.42 Å². The number of ether oxygens (including phenoxy) is 1. The van der Waals surface area contributed by atoms with Gasteiger partial charge >= 0.3 is 5.97 Å². The summed E-state index contributed by atoms with van der Waals surface area (Å²) in [5.74, 6) is -1.31. The molecule has 2 aliphatic rings. The van der Waals surface area contributed by atoms with Crippen LogP contribution in [0.1, 0.15) is 25.3 Å². The maximum absolute atomic E-state index is 13.2. The number of hydrazone groups is 1. The van der Waals surface area contributed by atoms with E-state index in [2.05, 4.69) is 5.10 Å². The number of nitro groups is 1. The molecular weight excluding hydrogens is 548 g/mol. The number of hydrogen-bond donors (Lipinski definition) is 0. The Hall–Kier alpha value is -4.68. The normalized spacial score (nSPS) is 18.8. The average Bonchev–Trinajstić information content (AvgIpc) is 3.27. The second-order valence-electron chi connectivity index (χ2n) is 9.61. The molecule has 1 fully saturated rings. The summed E-state index contributed by atoms with van der Waals surface area (Å²) in [6, 6.07) is 20.8. The molecule has 1 unspecified atom stereocenters. The zero-order chi connectivity index (χ0) is 29.1. The summed E-state index contributed by atoms with van der Waals surface area (Å²) in [5, 5.41) is 17.1. The SMILES string of the molecule is CC1=NN(c2ccccc2)C(=O)C1=Cc1ccc(OC(=O)C2CCCN(S(=O)(=O)c3ccccc3[N+](=O)[O-])C2)cc1. The van der Waals surface area contributed by atoms with Crippen molar-refractivity contribution < 1.29 is 27.7 Å². The number of hydrogen-bond acceptors (Lipinski definition) is 8. The Bertz CT molecular complexity index is 1670. The first-order chi connectivity index (χ1) is 19.6. The molecule has 0 aromatic heterocycles. The lowest BCUT2D eigenvalue weighted by Gasteiger charge is -2.30. The molecule has 0 aliphatic carbocycles. The first kappa shape index (κ1) is 27.9. The van der Waals surface area contributed by atoms with E-state index in [1.165, 1.54) is 23.2 Å². The number of rotatable bonds is 7. The van der Waals surface area contributed by atoms with Gasteiger partial charge in [0.25, 0.3) is 11.6 Å². The van der Waals surface area contributed by atoms with E-state index >= 15 is 0 Å². The van der Waals surface area contributed by atoms with Crippen LogP contribution in [0.5, 0.6) is 5.75 Å². The van der Waals surface area contributed by atoms with Gasteiger partial charge in [0.1, 0.15) is 5.75 Å². The fourth-order valence-corrected chi connectivity index (χ4v) is 6.43. The Balaban J connectivity index is 1.25. The van der Waals surface area contributed by atoms with E-state index in [-0.39, 0.29) is 24.7 Å². The monoisotopic (exact) mass is 574 g/mol. The lowest BCUT2D eigenvalue weighted by molar-refractivity contribution is -0.387. The van der Waals surface area contributed by atoms with Crippen molar-refractivity contribution in [2.75, 3.05) is 18.1 Å². The van der Waals surface area contributed by atoms with Crippen LogP contribution in [0.4, 0.5) is 11.4 Å². The predicted octanol–water partition coefficient (Wildman–Crippen LogP) is 4.41. The van der Waals surface area contributed by atoms with Crippen LogP contribution in [0.2, 0.25) is 0 Å². The van der Waals surface area contributed by atoms with Gasteiger partial charge in [-0.05, 0) is 61.7 Å². The number of sulfonamides is 1. The van der Waals surface area contributed by atoms with Gasteiger partial charge in [-0.1, -0.05) is 42.5 Å². The zero-order valence-corrected chi connectivity index (χ0v) is 22.9. The molecule has 0 spiro atoms. The van der Waals surface area contributed by atoms with Gasteiger partial charge in [0.15, 0.2) is 4.90 Å². The third kappa shape index (κ3) is 5.79. The molecule has 0 radical (unpaired) electrons. The van der Waals surface area contributed by atoms with E-state index in [4.69, 9.17) is 4.74 Å². The number of benzene rings is 3. The smallest absolute Gasteiger partial charge is 0.315 e. The first-order valence-electron chi connectivity index (χ1n) is 12.9. The second kappa shape index (κ2) is 11.4. The number of piperidine rings is 1. The predicted molar refractivity (Wildman–Crippen MR) is 152 cm³/mol. The van der Waals surface area contributed by atoms with Crippen LogP contribution >= 0.6 is 0 Å². The number of nitro benzene ring substituents is 1. The Kier molecular flexibility index (Phi) is 7.77. The van der Waals surface area contributed by atoms with Crippen molar-refractivity contribution in [1.82, 2.24) is 4.31 Å². The lowest BCUT2D eigenvalue weighted by Crippen LogP contribution is -2.43. The molecule has 2 heterocycles. The number of anilines is 1. The second-order valence-corrected chi connectivity index (χ2v) is 11.5. The molecule has 0 saturated carbocycles. The molecule has 1 saturated heterocycles. The topological polar surface area (TPSA) is 139 Å². The number of nitrogens with zero attached hydrogens (tertiary/aromatic N) is 4. The van der Waals surface area contributed by atoms with Gasteiger partial charge in [0.2, 0.25) is 10.0 Å². The van der Waals surface area contributed by atoms with Crippen LogP contribution in [0.15, 0.2) is 94.4 Å². The van der Waals surface area contributed by atoms with Crippen molar-refractivity contribution in [3.05, 3.63) is 100 Å². The molecule has 1 amide bonds. The molecule has 41 heavy (non-hydrogen) atoms. The fourth-order valence-electron chi connectivity index (χ4n) is 4.75. The van der Waals surface area contributed by atoms with Gasteiger partial charge in [0, 0.05) is 19.2 Å². The Morgan fingerprint density at radius 1 is 1.05 bits per heavy atom. The summed E-state index contributed by atoms with van der Waals surface area (Å²) in [5.41, 5.74) is 1.88. The standard InChI is InChI=1S/C29H26N4O7S/c1-20-25(28(34)32(30-20)23-9-3-2-4-10-23)18-21-13-15-24(16-14-21)40-29(35)22-8-7-17-31(19-22)41(38,39)27-12-6-5-11-26(27)33(36)37/h2-6,9-16,18,22H,7-8,17,19H2,1H3. The van der Waals surface area contributed by atoms with Gasteiger partial charge < -0.3 is 4.74 Å². The van der Waals surface area contributed by atoms with E-state index in [0.29, 0.717) is 35.4 Å². The van der Waals surface area contributed by atoms with Crippen LogP contribution in [-0.4, -0.2) is 48.3 Å². The molecule has 12 heteroatoms. The Morgan fingerprint density at radius 3 is 2.44 bits per heavy atom. The quantitative estimate of drug-likeness (QED) is 0.134. The van der Waals surface area contributed by atoms with E-state index in [1.54, 1.807) is 49.4 Å². The van der Waals surface area contributed by atoms with Gasteiger partial charge in [-0.15, -0.1) is 0 Å². The first-order valence-corrected chi connectivity index (χ1v) is 14.3. The van der Waals surface area contributed by atoms with Crippen molar-refractivity contribution in [3.8, 4) is 5.75 Å². The van der Waals surface area contributed by atoms with Crippen molar-refractivity contribution >= 4 is 45.1 Å². The number of carbonyl (C=O) groups is 2. The van der Waals surface area contributed by atoms with Crippen LogP contribution in [-0.2, 0) is 19.6 Å². The molecule has 0 N–H and O–H groups in total. The van der Waals surface area contributed by atoms with Crippen LogP contribution < -0.4 is 9.75 Å². The van der Waals surface area contributed by atoms with Crippen LogP contribution in [0.25, 0.3) is 6.08 Å². The largest absolute Gasteiger partial charge is 0.426 e. The number of amides is 1. The van der Waals surface area contributed by atoms with E-state index in [0.717, 1.165) is 10.4 Å². The van der Waals surface area contributed by atoms with Crippen molar-refractivity contribution in [2.45, 2.75) is 24.7 Å². The van der Waals surface area contributed by atoms with Crippen molar-refractivity contribution in [3.63, 3.8) is 0 Å². The van der Waals surface area contributed by atoms with Gasteiger partial charge in [-0.3, -0.25) is 19.7 Å². The summed E-state index contributed by atoms with van der Waals surface area (Å²) in [6.45, 7) is 1.76. The summed E-state index contributed by atoms with van der Waals surface area (Å²) in [6.07, 6.45) is 2.54. The van der Waals surface area contributed by atoms with Crippen molar-refractivity contribution in [1.29, 1.82) is 0 Å². The van der Waals surface area contributed by atoms with Gasteiger partial charge in [0.05, 0.1) is 27.8 Å². The summed E-state index contributed by atoms with van der Waals surface area (Å²) < 4.78 is 33.0. The third-order valence-corrected chi connectivity index (χ3v) is 8.78. The zero-order valence-electron chi connectivity index (χ0n) is 22.0. The maximum atomic E-state index is 13.2. The van der Waals surface area contributed by atoms with E-state index in [9.17, 15) is 28.1 Å². The van der Waals surface area contributed by atoms with Gasteiger partial charge in [-0.2, -0.15) is 14.4 Å². The molecule has 2 aliphatic heterocycles. The highest BCUT2D eigenvalue weighted by molar-refractivity contribution is 7.89. The highest BCUT2D eigenvalue weighted by Gasteiger charge is 2.37. The number of para-hydroxylation sites is 2. The van der Waals surface area contributed by atoms with E-state index < -0.39 is 37.4 Å². The van der Waals surface area contributed by atoms with Crippen molar-refractivity contribution in [2.24, 2.45) is 11.0 Å². The fraction of sp³-hybridized carbons (Fsp3) is 0.207. The lowest BCUT2D eigenvalue weighted by atomic mass is 10.00. The summed E-state index contributed by atoms with van der Waals surface area (Å²) >= 11 is 0. The van der Waals surface area contributed by atoms with Crippen LogP contribution in [0, 0.1) is 16.0 Å². The molecule has 11 nitrogen and oxygen atoms in total. The molecule has 1 atom stereocenters. The highest BCUT2D eigenvalue weighted by Crippen LogP contribution is 2.30.